The summed E-state index contributed by atoms with van der Waals surface area (Å²) >= 11 is 0. The van der Waals surface area contributed by atoms with Crippen molar-refractivity contribution in [1.82, 2.24) is 0 Å². The Kier molecular flexibility index (Phi) is 4.84. The SMILES string of the molecule is CC.O=COCc1ccc2c(c1)C(=O)c1ccccc1C2=O. The molecule has 0 heterocycles. The maximum Gasteiger partial charge on any atom is 0.293 e. The second-order valence-corrected chi connectivity index (χ2v) is 4.49. The van der Waals surface area contributed by atoms with E-state index in [0.29, 0.717) is 34.3 Å². The van der Waals surface area contributed by atoms with E-state index in [9.17, 15) is 14.4 Å². The molecule has 0 aliphatic heterocycles. The van der Waals surface area contributed by atoms with Crippen LogP contribution in [0.25, 0.3) is 0 Å². The number of hydrogen-bond donors (Lipinski definition) is 0. The molecule has 0 fully saturated rings. The van der Waals surface area contributed by atoms with E-state index in [1.54, 1.807) is 42.5 Å². The van der Waals surface area contributed by atoms with E-state index in [2.05, 4.69) is 4.74 Å². The topological polar surface area (TPSA) is 60.4 Å². The van der Waals surface area contributed by atoms with Crippen LogP contribution in [0, 0.1) is 0 Å². The fourth-order valence-electron chi connectivity index (χ4n) is 2.37. The van der Waals surface area contributed by atoms with Gasteiger partial charge in [-0.2, -0.15) is 0 Å². The molecule has 0 saturated heterocycles. The minimum Gasteiger partial charge on any atom is -0.463 e. The van der Waals surface area contributed by atoms with E-state index >= 15 is 0 Å². The van der Waals surface area contributed by atoms with E-state index in [0.717, 1.165) is 0 Å². The minimum atomic E-state index is -0.178. The first-order valence-corrected chi connectivity index (χ1v) is 7.09. The summed E-state index contributed by atoms with van der Waals surface area (Å²) in [6.07, 6.45) is 0. The molecule has 0 saturated carbocycles. The van der Waals surface area contributed by atoms with Crippen molar-refractivity contribution in [3.05, 3.63) is 70.3 Å². The summed E-state index contributed by atoms with van der Waals surface area (Å²) in [5.41, 5.74) is 2.28. The summed E-state index contributed by atoms with van der Waals surface area (Å²) in [6, 6.07) is 11.7. The fraction of sp³-hybridized carbons (Fsp3) is 0.167. The molecule has 0 amide bonds. The van der Waals surface area contributed by atoms with Gasteiger partial charge in [-0.15, -0.1) is 0 Å². The minimum absolute atomic E-state index is 0.0832. The van der Waals surface area contributed by atoms with Gasteiger partial charge in [0.2, 0.25) is 0 Å². The molecule has 0 spiro atoms. The maximum absolute atomic E-state index is 12.4. The third-order valence-electron chi connectivity index (χ3n) is 3.31. The smallest absolute Gasteiger partial charge is 0.293 e. The zero-order valence-electron chi connectivity index (χ0n) is 12.5. The van der Waals surface area contributed by atoms with Gasteiger partial charge >= 0.3 is 0 Å². The number of fused-ring (bicyclic) bond motifs is 2. The van der Waals surface area contributed by atoms with E-state index in [-0.39, 0.29) is 18.2 Å². The molecule has 112 valence electrons. The van der Waals surface area contributed by atoms with Crippen LogP contribution in [-0.2, 0) is 16.1 Å². The van der Waals surface area contributed by atoms with E-state index in [1.807, 2.05) is 13.8 Å². The molecule has 2 aromatic carbocycles. The lowest BCUT2D eigenvalue weighted by Crippen LogP contribution is -2.21. The lowest BCUT2D eigenvalue weighted by molar-refractivity contribution is -0.129. The van der Waals surface area contributed by atoms with Crippen molar-refractivity contribution < 1.29 is 19.1 Å². The predicted octanol–water partition coefficient (Wildman–Crippen LogP) is 3.16. The quantitative estimate of drug-likeness (QED) is 0.697. The molecule has 1 aliphatic carbocycles. The van der Waals surface area contributed by atoms with Crippen molar-refractivity contribution in [3.63, 3.8) is 0 Å². The van der Waals surface area contributed by atoms with Gasteiger partial charge in [0.25, 0.3) is 6.47 Å². The van der Waals surface area contributed by atoms with Crippen LogP contribution in [0.4, 0.5) is 0 Å². The molecule has 3 rings (SSSR count). The Hall–Kier alpha value is -2.75. The summed E-state index contributed by atoms with van der Waals surface area (Å²) in [5, 5.41) is 0. The highest BCUT2D eigenvalue weighted by molar-refractivity contribution is 6.28. The van der Waals surface area contributed by atoms with E-state index in [1.165, 1.54) is 0 Å². The molecule has 4 heteroatoms. The van der Waals surface area contributed by atoms with E-state index in [4.69, 9.17) is 0 Å². The van der Waals surface area contributed by atoms with Gasteiger partial charge in [-0.05, 0) is 17.7 Å². The van der Waals surface area contributed by atoms with E-state index < -0.39 is 0 Å². The summed E-state index contributed by atoms with van der Waals surface area (Å²) in [7, 11) is 0. The molecule has 0 radical (unpaired) electrons. The summed E-state index contributed by atoms with van der Waals surface area (Å²) in [5.74, 6) is -0.332. The van der Waals surface area contributed by atoms with Gasteiger partial charge in [0.05, 0.1) is 0 Å². The van der Waals surface area contributed by atoms with Crippen molar-refractivity contribution in [2.45, 2.75) is 20.5 Å². The van der Waals surface area contributed by atoms with Crippen LogP contribution in [-0.4, -0.2) is 18.0 Å². The van der Waals surface area contributed by atoms with Crippen molar-refractivity contribution in [2.75, 3.05) is 0 Å². The van der Waals surface area contributed by atoms with Crippen LogP contribution in [0.2, 0.25) is 0 Å². The van der Waals surface area contributed by atoms with Crippen LogP contribution in [0.15, 0.2) is 42.5 Å². The van der Waals surface area contributed by atoms with Crippen molar-refractivity contribution in [3.8, 4) is 0 Å². The number of ketones is 2. The third kappa shape index (κ3) is 2.68. The number of rotatable bonds is 3. The molecule has 0 atom stereocenters. The standard InChI is InChI=1S/C16H10O4.C2H6/c17-9-20-8-10-5-6-13-14(7-10)16(19)12-4-2-1-3-11(12)15(13)18;1-2/h1-7,9H,8H2;1-2H3. The van der Waals surface area contributed by atoms with Gasteiger partial charge in [-0.3, -0.25) is 14.4 Å². The van der Waals surface area contributed by atoms with Crippen LogP contribution in [0.5, 0.6) is 0 Å². The Morgan fingerprint density at radius 2 is 1.41 bits per heavy atom. The molecule has 22 heavy (non-hydrogen) atoms. The maximum atomic E-state index is 12.4. The van der Waals surface area contributed by atoms with Crippen LogP contribution in [0.1, 0.15) is 51.3 Å². The number of benzene rings is 2. The predicted molar refractivity (Wildman–Crippen MR) is 82.0 cm³/mol. The highest BCUT2D eigenvalue weighted by atomic mass is 16.5. The molecular weight excluding hydrogens is 280 g/mol. The largest absolute Gasteiger partial charge is 0.463 e. The lowest BCUT2D eigenvalue weighted by Gasteiger charge is -2.17. The third-order valence-corrected chi connectivity index (χ3v) is 3.31. The summed E-state index contributed by atoms with van der Waals surface area (Å²) in [4.78, 5) is 35.0. The highest BCUT2D eigenvalue weighted by Crippen LogP contribution is 2.27. The molecule has 1 aliphatic rings. The molecule has 0 bridgehead atoms. The Morgan fingerprint density at radius 1 is 0.864 bits per heavy atom. The zero-order chi connectivity index (χ0) is 16.1. The van der Waals surface area contributed by atoms with Crippen LogP contribution < -0.4 is 0 Å². The van der Waals surface area contributed by atoms with Crippen molar-refractivity contribution in [2.24, 2.45) is 0 Å². The van der Waals surface area contributed by atoms with Gasteiger partial charge in [0, 0.05) is 22.3 Å². The normalized spacial score (nSPS) is 11.7. The highest BCUT2D eigenvalue weighted by Gasteiger charge is 2.29. The zero-order valence-corrected chi connectivity index (χ0v) is 12.5. The summed E-state index contributed by atoms with van der Waals surface area (Å²) < 4.78 is 4.67. The van der Waals surface area contributed by atoms with Gasteiger partial charge in [-0.25, -0.2) is 0 Å². The first kappa shape index (κ1) is 15.6. The summed E-state index contributed by atoms with van der Waals surface area (Å²) in [6.45, 7) is 4.43. The molecule has 2 aromatic rings. The Morgan fingerprint density at radius 3 is 2.00 bits per heavy atom. The Bertz CT molecular complexity index is 732. The van der Waals surface area contributed by atoms with Gasteiger partial charge in [0.1, 0.15) is 6.61 Å². The number of carbonyl (C=O) groups is 3. The van der Waals surface area contributed by atoms with Gasteiger partial charge in [0.15, 0.2) is 11.6 Å². The molecular formula is C18H16O4. The average Bonchev–Trinajstić information content (AvgIpc) is 2.59. The molecule has 4 nitrogen and oxygen atoms in total. The fourth-order valence-corrected chi connectivity index (χ4v) is 2.37. The second-order valence-electron chi connectivity index (χ2n) is 4.49. The Labute approximate surface area is 128 Å². The average molecular weight is 296 g/mol. The number of hydrogen-bond acceptors (Lipinski definition) is 4. The van der Waals surface area contributed by atoms with Gasteiger partial charge in [-0.1, -0.05) is 44.2 Å². The lowest BCUT2D eigenvalue weighted by atomic mass is 9.83. The molecule has 0 N–H and O–H groups in total. The van der Waals surface area contributed by atoms with Crippen LogP contribution in [0.3, 0.4) is 0 Å². The Balaban J connectivity index is 0.000000847. The van der Waals surface area contributed by atoms with Crippen molar-refractivity contribution >= 4 is 18.0 Å². The first-order valence-electron chi connectivity index (χ1n) is 7.09. The van der Waals surface area contributed by atoms with Crippen molar-refractivity contribution in [1.29, 1.82) is 0 Å². The molecule has 0 aromatic heterocycles. The van der Waals surface area contributed by atoms with Crippen LogP contribution >= 0.6 is 0 Å². The monoisotopic (exact) mass is 296 g/mol. The first-order chi connectivity index (χ1) is 10.7. The number of ether oxygens (including phenoxy) is 1. The molecule has 0 unspecified atom stereocenters. The van der Waals surface area contributed by atoms with Gasteiger partial charge < -0.3 is 4.74 Å². The number of carbonyl (C=O) groups excluding carboxylic acids is 3. The second kappa shape index (κ2) is 6.80.